The number of nitrogens with zero attached hydrogens (tertiary/aromatic N) is 1. The van der Waals surface area contributed by atoms with Crippen LogP contribution in [0.2, 0.25) is 0 Å². The fraction of sp³-hybridized carbons (Fsp3) is 0.769. The van der Waals surface area contributed by atoms with Crippen molar-refractivity contribution in [3.05, 3.63) is 0 Å². The summed E-state index contributed by atoms with van der Waals surface area (Å²) in [4.78, 5) is 22.8. The summed E-state index contributed by atoms with van der Waals surface area (Å²) in [6.45, 7) is 2.43. The van der Waals surface area contributed by atoms with Gasteiger partial charge in [0.2, 0.25) is 5.91 Å². The van der Waals surface area contributed by atoms with Gasteiger partial charge in [0.05, 0.1) is 5.60 Å². The molecule has 6 heteroatoms. The van der Waals surface area contributed by atoms with Gasteiger partial charge in [-0.05, 0) is 31.6 Å². The fourth-order valence-electron chi connectivity index (χ4n) is 2.46. The predicted molar refractivity (Wildman–Crippen MR) is 70.4 cm³/mol. The molecule has 106 valence electrons. The van der Waals surface area contributed by atoms with E-state index in [0.717, 1.165) is 25.7 Å². The van der Waals surface area contributed by atoms with E-state index in [1.807, 2.05) is 0 Å². The number of hydrazone groups is 1. The van der Waals surface area contributed by atoms with Crippen molar-refractivity contribution in [3.8, 4) is 0 Å². The standard InChI is InChI=1S/C13H21N3O3/c1-9-4-6-13(19,7-5-9)8-14-12(18)10-2-3-11(17)16-15-10/h9,19H,2-8H2,1H3,(H,14,18)(H,16,17). The van der Waals surface area contributed by atoms with Gasteiger partial charge < -0.3 is 10.4 Å². The number of aliphatic hydroxyl groups is 1. The quantitative estimate of drug-likeness (QED) is 0.687. The van der Waals surface area contributed by atoms with E-state index in [2.05, 4.69) is 22.8 Å². The Bertz CT molecular complexity index is 398. The Kier molecular flexibility index (Phi) is 4.19. The molecule has 0 radical (unpaired) electrons. The van der Waals surface area contributed by atoms with Gasteiger partial charge in [0.1, 0.15) is 5.71 Å². The molecule has 0 bridgehead atoms. The van der Waals surface area contributed by atoms with Crippen LogP contribution in [0.3, 0.4) is 0 Å². The van der Waals surface area contributed by atoms with E-state index in [1.165, 1.54) is 0 Å². The molecule has 1 aliphatic heterocycles. The van der Waals surface area contributed by atoms with Gasteiger partial charge in [0, 0.05) is 19.4 Å². The molecule has 0 aromatic carbocycles. The van der Waals surface area contributed by atoms with Gasteiger partial charge in [-0.1, -0.05) is 6.92 Å². The van der Waals surface area contributed by atoms with E-state index in [-0.39, 0.29) is 24.8 Å². The molecule has 0 saturated heterocycles. The van der Waals surface area contributed by atoms with Gasteiger partial charge in [-0.2, -0.15) is 5.10 Å². The van der Waals surface area contributed by atoms with Gasteiger partial charge in [0.15, 0.2) is 0 Å². The number of carbonyl (C=O) groups is 2. The number of hydrogen-bond acceptors (Lipinski definition) is 4. The van der Waals surface area contributed by atoms with E-state index in [1.54, 1.807) is 0 Å². The second-order valence-corrected chi connectivity index (χ2v) is 5.68. The SMILES string of the molecule is CC1CCC(O)(CNC(=O)C2=NNC(=O)CC2)CC1. The highest BCUT2D eigenvalue weighted by atomic mass is 16.3. The Morgan fingerprint density at radius 3 is 2.74 bits per heavy atom. The van der Waals surface area contributed by atoms with Crippen LogP contribution in [0.4, 0.5) is 0 Å². The van der Waals surface area contributed by atoms with Crippen LogP contribution in [0.25, 0.3) is 0 Å². The van der Waals surface area contributed by atoms with Crippen LogP contribution >= 0.6 is 0 Å². The number of nitrogens with one attached hydrogen (secondary N) is 2. The van der Waals surface area contributed by atoms with Gasteiger partial charge >= 0.3 is 0 Å². The van der Waals surface area contributed by atoms with Crippen molar-refractivity contribution in [1.29, 1.82) is 0 Å². The summed E-state index contributed by atoms with van der Waals surface area (Å²) in [5.41, 5.74) is 1.83. The van der Waals surface area contributed by atoms with Crippen LogP contribution in [0, 0.1) is 5.92 Å². The highest BCUT2D eigenvalue weighted by Gasteiger charge is 2.32. The lowest BCUT2D eigenvalue weighted by Gasteiger charge is -2.35. The molecule has 0 aromatic heterocycles. The van der Waals surface area contributed by atoms with Gasteiger partial charge in [0.25, 0.3) is 5.91 Å². The van der Waals surface area contributed by atoms with Crippen molar-refractivity contribution < 1.29 is 14.7 Å². The average molecular weight is 267 g/mol. The molecule has 3 N–H and O–H groups in total. The molecule has 2 aliphatic rings. The zero-order chi connectivity index (χ0) is 13.9. The number of carbonyl (C=O) groups excluding carboxylic acids is 2. The van der Waals surface area contributed by atoms with E-state index in [4.69, 9.17) is 0 Å². The van der Waals surface area contributed by atoms with Crippen LogP contribution in [0.5, 0.6) is 0 Å². The Hall–Kier alpha value is -1.43. The van der Waals surface area contributed by atoms with E-state index < -0.39 is 5.60 Å². The second-order valence-electron chi connectivity index (χ2n) is 5.68. The maximum Gasteiger partial charge on any atom is 0.267 e. The highest BCUT2D eigenvalue weighted by molar-refractivity contribution is 6.39. The maximum absolute atomic E-state index is 11.8. The largest absolute Gasteiger partial charge is 0.388 e. The number of hydrogen-bond donors (Lipinski definition) is 3. The Balaban J connectivity index is 1.82. The summed E-state index contributed by atoms with van der Waals surface area (Å²) in [6, 6.07) is 0. The molecule has 0 unspecified atom stereocenters. The number of amides is 2. The molecule has 0 spiro atoms. The zero-order valence-electron chi connectivity index (χ0n) is 11.2. The average Bonchev–Trinajstić information content (AvgIpc) is 2.41. The van der Waals surface area contributed by atoms with E-state index in [0.29, 0.717) is 18.1 Å². The van der Waals surface area contributed by atoms with Crippen LogP contribution in [-0.4, -0.2) is 34.8 Å². The summed E-state index contributed by atoms with van der Waals surface area (Å²) < 4.78 is 0. The number of rotatable bonds is 3. The topological polar surface area (TPSA) is 90.8 Å². The highest BCUT2D eigenvalue weighted by Crippen LogP contribution is 2.31. The van der Waals surface area contributed by atoms with Crippen molar-refractivity contribution >= 4 is 17.5 Å². The molecule has 0 atom stereocenters. The molecule has 1 heterocycles. The predicted octanol–water partition coefficient (Wildman–Crippen LogP) is 0.310. The molecule has 1 fully saturated rings. The first-order valence-corrected chi connectivity index (χ1v) is 6.84. The fourth-order valence-corrected chi connectivity index (χ4v) is 2.46. The Morgan fingerprint density at radius 2 is 2.16 bits per heavy atom. The minimum Gasteiger partial charge on any atom is -0.388 e. The third kappa shape index (κ3) is 3.76. The lowest BCUT2D eigenvalue weighted by Crippen LogP contribution is -2.47. The normalized spacial score (nSPS) is 31.4. The van der Waals surface area contributed by atoms with Crippen LogP contribution in [0.15, 0.2) is 5.10 Å². The zero-order valence-corrected chi connectivity index (χ0v) is 11.2. The molecule has 6 nitrogen and oxygen atoms in total. The van der Waals surface area contributed by atoms with Gasteiger partial charge in [-0.3, -0.25) is 9.59 Å². The minimum atomic E-state index is -0.791. The molecular weight excluding hydrogens is 246 g/mol. The summed E-state index contributed by atoms with van der Waals surface area (Å²) in [5, 5.41) is 16.8. The lowest BCUT2D eigenvalue weighted by atomic mass is 9.79. The smallest absolute Gasteiger partial charge is 0.267 e. The molecule has 2 rings (SSSR count). The Morgan fingerprint density at radius 1 is 1.47 bits per heavy atom. The van der Waals surface area contributed by atoms with Crippen molar-refractivity contribution in [2.24, 2.45) is 11.0 Å². The third-order valence-electron chi connectivity index (χ3n) is 3.95. The van der Waals surface area contributed by atoms with Crippen molar-refractivity contribution in [3.63, 3.8) is 0 Å². The van der Waals surface area contributed by atoms with Crippen LogP contribution < -0.4 is 10.7 Å². The summed E-state index contributed by atoms with van der Waals surface area (Å²) in [7, 11) is 0. The molecular formula is C13H21N3O3. The molecule has 0 aromatic rings. The first-order valence-electron chi connectivity index (χ1n) is 6.84. The monoisotopic (exact) mass is 267 g/mol. The van der Waals surface area contributed by atoms with Gasteiger partial charge in [-0.25, -0.2) is 5.43 Å². The van der Waals surface area contributed by atoms with E-state index in [9.17, 15) is 14.7 Å². The summed E-state index contributed by atoms with van der Waals surface area (Å²) in [5.74, 6) is 0.178. The van der Waals surface area contributed by atoms with Crippen molar-refractivity contribution in [2.45, 2.75) is 51.0 Å². The maximum atomic E-state index is 11.8. The second kappa shape index (κ2) is 5.69. The van der Waals surface area contributed by atoms with Crippen molar-refractivity contribution in [2.75, 3.05) is 6.54 Å². The van der Waals surface area contributed by atoms with Gasteiger partial charge in [-0.15, -0.1) is 0 Å². The summed E-state index contributed by atoms with van der Waals surface area (Å²) in [6.07, 6.45) is 4.06. The van der Waals surface area contributed by atoms with Crippen molar-refractivity contribution in [1.82, 2.24) is 10.7 Å². The first kappa shape index (κ1) is 14.0. The summed E-state index contributed by atoms with van der Waals surface area (Å²) >= 11 is 0. The molecule has 19 heavy (non-hydrogen) atoms. The van der Waals surface area contributed by atoms with E-state index >= 15 is 0 Å². The first-order chi connectivity index (χ1) is 8.98. The third-order valence-corrected chi connectivity index (χ3v) is 3.95. The lowest BCUT2D eigenvalue weighted by molar-refractivity contribution is -0.121. The Labute approximate surface area is 112 Å². The minimum absolute atomic E-state index is 0.170. The molecule has 1 aliphatic carbocycles. The molecule has 1 saturated carbocycles. The van der Waals surface area contributed by atoms with Crippen LogP contribution in [0.1, 0.15) is 45.4 Å². The van der Waals surface area contributed by atoms with Crippen LogP contribution in [-0.2, 0) is 9.59 Å². The molecule has 2 amide bonds.